The SMILES string of the molecule is COc1cc(-c2nc3c(C)cccc3[nH]2)ccc1OCC#CCN1CCOCC1. The number of para-hydroxylation sites is 1. The molecule has 150 valence electrons. The topological polar surface area (TPSA) is 59.6 Å². The summed E-state index contributed by atoms with van der Waals surface area (Å²) in [6.45, 7) is 6.57. The number of aromatic amines is 1. The van der Waals surface area contributed by atoms with Gasteiger partial charge in [0.1, 0.15) is 12.4 Å². The minimum atomic E-state index is 0.323. The minimum Gasteiger partial charge on any atom is -0.493 e. The van der Waals surface area contributed by atoms with Crippen molar-refractivity contribution in [1.29, 1.82) is 0 Å². The van der Waals surface area contributed by atoms with Gasteiger partial charge in [-0.3, -0.25) is 4.90 Å². The fourth-order valence-corrected chi connectivity index (χ4v) is 3.34. The number of methoxy groups -OCH3 is 1. The highest BCUT2D eigenvalue weighted by molar-refractivity contribution is 5.82. The molecule has 1 fully saturated rings. The molecule has 0 aliphatic carbocycles. The molecular formula is C23H25N3O3. The van der Waals surface area contributed by atoms with Crippen molar-refractivity contribution < 1.29 is 14.2 Å². The number of nitrogens with zero attached hydrogens (tertiary/aromatic N) is 2. The number of hydrogen-bond donors (Lipinski definition) is 1. The lowest BCUT2D eigenvalue weighted by Crippen LogP contribution is -2.36. The molecule has 0 bridgehead atoms. The summed E-state index contributed by atoms with van der Waals surface area (Å²) in [5.74, 6) is 8.38. The Morgan fingerprint density at radius 1 is 1.14 bits per heavy atom. The number of nitrogens with one attached hydrogen (secondary N) is 1. The molecule has 1 aromatic heterocycles. The largest absolute Gasteiger partial charge is 0.493 e. The van der Waals surface area contributed by atoms with Crippen LogP contribution in [0.3, 0.4) is 0 Å². The van der Waals surface area contributed by atoms with Crippen molar-refractivity contribution in [3.05, 3.63) is 42.0 Å². The number of rotatable bonds is 5. The second-order valence-electron chi connectivity index (χ2n) is 6.95. The van der Waals surface area contributed by atoms with E-state index >= 15 is 0 Å². The number of aromatic nitrogens is 2. The van der Waals surface area contributed by atoms with E-state index in [0.717, 1.165) is 60.8 Å². The maximum Gasteiger partial charge on any atom is 0.162 e. The highest BCUT2D eigenvalue weighted by Crippen LogP contribution is 2.32. The van der Waals surface area contributed by atoms with Gasteiger partial charge in [-0.05, 0) is 36.8 Å². The first-order valence-corrected chi connectivity index (χ1v) is 9.77. The second kappa shape index (κ2) is 8.99. The van der Waals surface area contributed by atoms with Crippen molar-refractivity contribution in [1.82, 2.24) is 14.9 Å². The van der Waals surface area contributed by atoms with Gasteiger partial charge in [0.15, 0.2) is 11.5 Å². The number of imidazole rings is 1. The fraction of sp³-hybridized carbons (Fsp3) is 0.348. The summed E-state index contributed by atoms with van der Waals surface area (Å²) in [6, 6.07) is 11.9. The van der Waals surface area contributed by atoms with Gasteiger partial charge in [-0.15, -0.1) is 0 Å². The zero-order valence-electron chi connectivity index (χ0n) is 16.8. The van der Waals surface area contributed by atoms with E-state index in [-0.39, 0.29) is 0 Å². The Hall–Kier alpha value is -3.01. The summed E-state index contributed by atoms with van der Waals surface area (Å²) < 4.78 is 16.7. The van der Waals surface area contributed by atoms with Crippen LogP contribution < -0.4 is 9.47 Å². The molecular weight excluding hydrogens is 366 g/mol. The molecule has 0 atom stereocenters. The first-order valence-electron chi connectivity index (χ1n) is 9.77. The molecule has 1 N–H and O–H groups in total. The minimum absolute atomic E-state index is 0.323. The number of aryl methyl sites for hydroxylation is 1. The first kappa shape index (κ1) is 19.3. The van der Waals surface area contributed by atoms with Gasteiger partial charge in [-0.25, -0.2) is 4.98 Å². The first-order chi connectivity index (χ1) is 14.2. The molecule has 6 heteroatoms. The quantitative estimate of drug-likeness (QED) is 0.677. The standard InChI is InChI=1S/C23H25N3O3/c1-17-6-5-7-19-22(17)25-23(24-19)18-8-9-20(21(16-18)27-2)29-13-4-3-10-26-11-14-28-15-12-26/h5-9,16H,10-15H2,1-2H3,(H,24,25). The monoisotopic (exact) mass is 391 g/mol. The van der Waals surface area contributed by atoms with Crippen LogP contribution in [-0.4, -0.2) is 61.4 Å². The molecule has 4 rings (SSSR count). The van der Waals surface area contributed by atoms with Crippen molar-refractivity contribution in [3.63, 3.8) is 0 Å². The predicted octanol–water partition coefficient (Wildman–Crippen LogP) is 3.26. The smallest absolute Gasteiger partial charge is 0.162 e. The number of morpholine rings is 1. The fourth-order valence-electron chi connectivity index (χ4n) is 3.34. The van der Waals surface area contributed by atoms with Gasteiger partial charge in [0.05, 0.1) is 37.9 Å². The molecule has 0 amide bonds. The summed E-state index contributed by atoms with van der Waals surface area (Å²) in [6.07, 6.45) is 0. The van der Waals surface area contributed by atoms with Crippen molar-refractivity contribution in [3.8, 4) is 34.7 Å². The summed E-state index contributed by atoms with van der Waals surface area (Å²) in [4.78, 5) is 10.4. The third-order valence-corrected chi connectivity index (χ3v) is 4.98. The Morgan fingerprint density at radius 3 is 2.79 bits per heavy atom. The average Bonchev–Trinajstić information content (AvgIpc) is 3.20. The summed E-state index contributed by atoms with van der Waals surface area (Å²) in [7, 11) is 1.64. The zero-order chi connectivity index (χ0) is 20.1. The molecule has 0 unspecified atom stereocenters. The molecule has 0 radical (unpaired) electrons. The van der Waals surface area contributed by atoms with Gasteiger partial charge in [-0.2, -0.15) is 0 Å². The lowest BCUT2D eigenvalue weighted by molar-refractivity contribution is 0.0443. The Bertz CT molecular complexity index is 1040. The van der Waals surface area contributed by atoms with Gasteiger partial charge >= 0.3 is 0 Å². The van der Waals surface area contributed by atoms with E-state index in [9.17, 15) is 0 Å². The lowest BCUT2D eigenvalue weighted by atomic mass is 10.2. The third kappa shape index (κ3) is 4.53. The van der Waals surface area contributed by atoms with E-state index in [1.165, 1.54) is 0 Å². The number of fused-ring (bicyclic) bond motifs is 1. The van der Waals surface area contributed by atoms with E-state index < -0.39 is 0 Å². The lowest BCUT2D eigenvalue weighted by Gasteiger charge is -2.24. The zero-order valence-corrected chi connectivity index (χ0v) is 16.8. The van der Waals surface area contributed by atoms with Crippen molar-refractivity contribution >= 4 is 11.0 Å². The Kier molecular flexibility index (Phi) is 5.99. The van der Waals surface area contributed by atoms with Gasteiger partial charge in [0, 0.05) is 18.7 Å². The van der Waals surface area contributed by atoms with Crippen molar-refractivity contribution in [2.75, 3.05) is 46.6 Å². The van der Waals surface area contributed by atoms with Crippen LogP contribution in [0.15, 0.2) is 36.4 Å². The van der Waals surface area contributed by atoms with E-state index in [1.807, 2.05) is 30.3 Å². The molecule has 29 heavy (non-hydrogen) atoms. The van der Waals surface area contributed by atoms with Crippen LogP contribution in [-0.2, 0) is 4.74 Å². The average molecular weight is 391 g/mol. The highest BCUT2D eigenvalue weighted by atomic mass is 16.5. The Balaban J connectivity index is 1.43. The summed E-state index contributed by atoms with van der Waals surface area (Å²) in [5, 5.41) is 0. The molecule has 0 saturated carbocycles. The maximum absolute atomic E-state index is 5.81. The number of hydrogen-bond acceptors (Lipinski definition) is 5. The number of ether oxygens (including phenoxy) is 3. The van der Waals surface area contributed by atoms with Gasteiger partial charge in [-0.1, -0.05) is 24.0 Å². The van der Waals surface area contributed by atoms with Gasteiger partial charge < -0.3 is 19.2 Å². The van der Waals surface area contributed by atoms with Crippen LogP contribution in [0, 0.1) is 18.8 Å². The van der Waals surface area contributed by atoms with Gasteiger partial charge in [0.25, 0.3) is 0 Å². The Morgan fingerprint density at radius 2 is 2.00 bits per heavy atom. The second-order valence-corrected chi connectivity index (χ2v) is 6.95. The molecule has 0 spiro atoms. The molecule has 2 heterocycles. The normalized spacial score (nSPS) is 14.4. The third-order valence-electron chi connectivity index (χ3n) is 4.98. The van der Waals surface area contributed by atoms with Crippen LogP contribution in [0.5, 0.6) is 11.5 Å². The maximum atomic E-state index is 5.81. The van der Waals surface area contributed by atoms with Crippen LogP contribution in [0.4, 0.5) is 0 Å². The number of H-pyrrole nitrogens is 1. The van der Waals surface area contributed by atoms with Crippen molar-refractivity contribution in [2.45, 2.75) is 6.92 Å². The van der Waals surface area contributed by atoms with Crippen LogP contribution in [0.2, 0.25) is 0 Å². The predicted molar refractivity (Wildman–Crippen MR) is 113 cm³/mol. The Labute approximate surface area is 170 Å². The summed E-state index contributed by atoms with van der Waals surface area (Å²) >= 11 is 0. The van der Waals surface area contributed by atoms with E-state index in [2.05, 4.69) is 34.7 Å². The van der Waals surface area contributed by atoms with E-state index in [4.69, 9.17) is 19.2 Å². The molecule has 3 aromatic rings. The molecule has 2 aromatic carbocycles. The molecule has 1 aliphatic heterocycles. The molecule has 1 saturated heterocycles. The van der Waals surface area contributed by atoms with Crippen LogP contribution >= 0.6 is 0 Å². The molecule has 6 nitrogen and oxygen atoms in total. The summed E-state index contributed by atoms with van der Waals surface area (Å²) in [5.41, 5.74) is 4.10. The van der Waals surface area contributed by atoms with Crippen molar-refractivity contribution in [2.24, 2.45) is 0 Å². The van der Waals surface area contributed by atoms with Crippen LogP contribution in [0.25, 0.3) is 22.4 Å². The van der Waals surface area contributed by atoms with Gasteiger partial charge in [0.2, 0.25) is 0 Å². The molecule has 1 aliphatic rings. The van der Waals surface area contributed by atoms with Crippen LogP contribution in [0.1, 0.15) is 5.56 Å². The van der Waals surface area contributed by atoms with E-state index in [0.29, 0.717) is 18.1 Å². The van der Waals surface area contributed by atoms with E-state index in [1.54, 1.807) is 7.11 Å². The highest BCUT2D eigenvalue weighted by Gasteiger charge is 2.11. The number of benzene rings is 2.